The first-order valence-electron chi connectivity index (χ1n) is 11.0. The van der Waals surface area contributed by atoms with Crippen molar-refractivity contribution in [3.63, 3.8) is 0 Å². The highest BCUT2D eigenvalue weighted by Gasteiger charge is 2.22. The van der Waals surface area contributed by atoms with E-state index in [0.29, 0.717) is 11.0 Å². The Morgan fingerprint density at radius 3 is 2.49 bits per heavy atom. The average molecular weight is 495 g/mol. The van der Waals surface area contributed by atoms with E-state index >= 15 is 4.39 Å². The summed E-state index contributed by atoms with van der Waals surface area (Å²) < 4.78 is 56.0. The Morgan fingerprint density at radius 2 is 1.71 bits per heavy atom. The predicted octanol–water partition coefficient (Wildman–Crippen LogP) is 4.54. The van der Waals surface area contributed by atoms with Crippen LogP contribution in [-0.4, -0.2) is 37.3 Å². The van der Waals surface area contributed by atoms with Gasteiger partial charge in [-0.3, -0.25) is 14.5 Å². The molecular weight excluding hydrogens is 474 g/mol. The second kappa shape index (κ2) is 9.03. The molecule has 0 atom stereocenters. The van der Waals surface area contributed by atoms with Crippen molar-refractivity contribution >= 4 is 38.3 Å². The van der Waals surface area contributed by atoms with Crippen LogP contribution in [0.2, 0.25) is 0 Å². The van der Waals surface area contributed by atoms with Gasteiger partial charge in [0.1, 0.15) is 11.6 Å². The lowest BCUT2D eigenvalue weighted by Gasteiger charge is -2.16. The Kier molecular flexibility index (Phi) is 5.89. The minimum absolute atomic E-state index is 0.189. The van der Waals surface area contributed by atoms with Gasteiger partial charge in [-0.15, -0.1) is 0 Å². The van der Waals surface area contributed by atoms with E-state index in [1.807, 2.05) is 0 Å². The molecule has 1 fully saturated rings. The zero-order chi connectivity index (χ0) is 24.6. The number of nitrogens with one attached hydrogen (secondary N) is 1. The molecule has 0 unspecified atom stereocenters. The fourth-order valence-electron chi connectivity index (χ4n) is 4.02. The zero-order valence-corrected chi connectivity index (χ0v) is 19.2. The lowest BCUT2D eigenvalue weighted by atomic mass is 10.0. The molecule has 5 rings (SSSR count). The monoisotopic (exact) mass is 494 g/mol. The predicted molar refractivity (Wildman–Crippen MR) is 128 cm³/mol. The highest BCUT2D eigenvalue weighted by Crippen LogP contribution is 2.26. The first-order valence-corrected chi connectivity index (χ1v) is 12.4. The first kappa shape index (κ1) is 22.9. The number of halogens is 2. The number of hydrogen-bond donors (Lipinski definition) is 1. The van der Waals surface area contributed by atoms with Gasteiger partial charge in [0, 0.05) is 18.7 Å². The van der Waals surface area contributed by atoms with Gasteiger partial charge in [-0.1, -0.05) is 12.1 Å². The maximum Gasteiger partial charge on any atom is 0.262 e. The fourth-order valence-corrected chi connectivity index (χ4v) is 5.11. The number of carbonyl (C=O) groups excluding carboxylic acids is 1. The molecule has 1 aliphatic rings. The van der Waals surface area contributed by atoms with Crippen molar-refractivity contribution in [2.75, 3.05) is 22.7 Å². The van der Waals surface area contributed by atoms with Gasteiger partial charge in [-0.2, -0.15) is 0 Å². The molecule has 1 aliphatic heterocycles. The minimum atomic E-state index is -4.27. The molecule has 1 saturated heterocycles. The number of sulfonamides is 1. The number of carbonyl (C=O) groups is 1. The second-order valence-corrected chi connectivity index (χ2v) is 9.87. The van der Waals surface area contributed by atoms with E-state index in [2.05, 4.69) is 19.6 Å². The number of nitrogens with zero attached hydrogens (tertiary/aromatic N) is 3. The molecular formula is C25H20F2N4O3S. The number of rotatable bonds is 6. The van der Waals surface area contributed by atoms with Crippen LogP contribution in [0.3, 0.4) is 0 Å². The number of aromatic nitrogens is 2. The van der Waals surface area contributed by atoms with E-state index in [0.717, 1.165) is 43.9 Å². The maximum absolute atomic E-state index is 15.3. The van der Waals surface area contributed by atoms with Crippen molar-refractivity contribution < 1.29 is 22.0 Å². The Morgan fingerprint density at radius 1 is 0.943 bits per heavy atom. The number of ketones is 1. The smallest absolute Gasteiger partial charge is 0.262 e. The van der Waals surface area contributed by atoms with Gasteiger partial charge in [0.15, 0.2) is 11.6 Å². The molecule has 178 valence electrons. The van der Waals surface area contributed by atoms with Gasteiger partial charge >= 0.3 is 0 Å². The molecule has 10 heteroatoms. The van der Waals surface area contributed by atoms with E-state index in [4.69, 9.17) is 0 Å². The standard InChI is InChI=1S/C25H20F2N4O3S/c26-17-5-3-6-18(14-17)35(33,34)30-21-8-4-7-19(24(21)27)25(32)16-9-10-20-22(13-16)29-23(15-28-20)31-11-1-2-12-31/h3-10,13-15,30H,1-2,11-12H2. The molecule has 0 amide bonds. The highest BCUT2D eigenvalue weighted by atomic mass is 32.2. The van der Waals surface area contributed by atoms with Crippen LogP contribution in [0.5, 0.6) is 0 Å². The van der Waals surface area contributed by atoms with Gasteiger partial charge in [-0.05, 0) is 61.4 Å². The van der Waals surface area contributed by atoms with E-state index in [9.17, 15) is 17.6 Å². The third kappa shape index (κ3) is 4.57. The molecule has 35 heavy (non-hydrogen) atoms. The van der Waals surface area contributed by atoms with Gasteiger partial charge < -0.3 is 4.90 Å². The number of fused-ring (bicyclic) bond motifs is 1. The molecule has 0 spiro atoms. The Balaban J connectivity index is 1.46. The quantitative estimate of drug-likeness (QED) is 0.396. The minimum Gasteiger partial charge on any atom is -0.355 e. The lowest BCUT2D eigenvalue weighted by Crippen LogP contribution is -2.19. The first-order chi connectivity index (χ1) is 16.8. The van der Waals surface area contributed by atoms with E-state index in [1.165, 1.54) is 36.4 Å². The van der Waals surface area contributed by atoms with Crippen molar-refractivity contribution in [1.82, 2.24) is 9.97 Å². The van der Waals surface area contributed by atoms with Crippen LogP contribution in [0.15, 0.2) is 71.8 Å². The van der Waals surface area contributed by atoms with Gasteiger partial charge in [0.2, 0.25) is 0 Å². The lowest BCUT2D eigenvalue weighted by molar-refractivity contribution is 0.103. The molecule has 4 aromatic rings. The van der Waals surface area contributed by atoms with Crippen molar-refractivity contribution in [2.45, 2.75) is 17.7 Å². The van der Waals surface area contributed by atoms with Crippen molar-refractivity contribution in [3.8, 4) is 0 Å². The molecule has 0 aliphatic carbocycles. The van der Waals surface area contributed by atoms with Crippen LogP contribution in [0.4, 0.5) is 20.3 Å². The van der Waals surface area contributed by atoms with Crippen LogP contribution in [0, 0.1) is 11.6 Å². The van der Waals surface area contributed by atoms with Crippen LogP contribution >= 0.6 is 0 Å². The number of benzene rings is 3. The summed E-state index contributed by atoms with van der Waals surface area (Å²) >= 11 is 0. The number of hydrogen-bond acceptors (Lipinski definition) is 6. The molecule has 2 heterocycles. The van der Waals surface area contributed by atoms with E-state index in [1.54, 1.807) is 18.3 Å². The van der Waals surface area contributed by atoms with E-state index in [-0.39, 0.29) is 16.0 Å². The SMILES string of the molecule is O=C(c1ccc2ncc(N3CCCC3)nc2c1)c1cccc(NS(=O)(=O)c2cccc(F)c2)c1F. The van der Waals surface area contributed by atoms with Crippen LogP contribution < -0.4 is 9.62 Å². The summed E-state index contributed by atoms with van der Waals surface area (Å²) in [7, 11) is -4.27. The van der Waals surface area contributed by atoms with Crippen LogP contribution in [0.25, 0.3) is 11.0 Å². The van der Waals surface area contributed by atoms with Crippen molar-refractivity contribution in [3.05, 3.63) is 89.6 Å². The molecule has 0 radical (unpaired) electrons. The van der Waals surface area contributed by atoms with Crippen LogP contribution in [-0.2, 0) is 10.0 Å². The van der Waals surface area contributed by atoms with Gasteiger partial charge in [0.25, 0.3) is 10.0 Å². The zero-order valence-electron chi connectivity index (χ0n) is 18.4. The summed E-state index contributed by atoms with van der Waals surface area (Å²) in [6.45, 7) is 1.78. The van der Waals surface area contributed by atoms with Crippen molar-refractivity contribution in [2.24, 2.45) is 0 Å². The average Bonchev–Trinajstić information content (AvgIpc) is 3.39. The molecule has 1 aromatic heterocycles. The van der Waals surface area contributed by atoms with Crippen LogP contribution in [0.1, 0.15) is 28.8 Å². The fraction of sp³-hybridized carbons (Fsp3) is 0.160. The number of anilines is 2. The largest absolute Gasteiger partial charge is 0.355 e. The van der Waals surface area contributed by atoms with Gasteiger partial charge in [0.05, 0.1) is 33.4 Å². The van der Waals surface area contributed by atoms with E-state index < -0.39 is 33.1 Å². The second-order valence-electron chi connectivity index (χ2n) is 8.18. The Labute approximate surface area is 200 Å². The summed E-state index contributed by atoms with van der Waals surface area (Å²) in [6.07, 6.45) is 3.86. The molecule has 0 bridgehead atoms. The third-order valence-corrected chi connectivity index (χ3v) is 7.18. The van der Waals surface area contributed by atoms with Crippen molar-refractivity contribution in [1.29, 1.82) is 0 Å². The summed E-state index contributed by atoms with van der Waals surface area (Å²) in [5.41, 5.74) is 0.559. The maximum atomic E-state index is 15.3. The molecule has 1 N–H and O–H groups in total. The summed E-state index contributed by atoms with van der Waals surface area (Å²) in [5.74, 6) is -1.69. The Bertz CT molecular complexity index is 1550. The molecule has 0 saturated carbocycles. The molecule has 3 aromatic carbocycles. The topological polar surface area (TPSA) is 92.3 Å². The summed E-state index contributed by atoms with van der Waals surface area (Å²) in [4.78, 5) is 23.9. The summed E-state index contributed by atoms with van der Waals surface area (Å²) in [6, 6.07) is 12.9. The highest BCUT2D eigenvalue weighted by molar-refractivity contribution is 7.92. The Hall–Kier alpha value is -3.92. The van der Waals surface area contributed by atoms with Gasteiger partial charge in [-0.25, -0.2) is 22.2 Å². The third-order valence-electron chi connectivity index (χ3n) is 5.82. The summed E-state index contributed by atoms with van der Waals surface area (Å²) in [5, 5.41) is 0. The molecule has 7 nitrogen and oxygen atoms in total. The normalized spacial score (nSPS) is 13.8.